The van der Waals surface area contributed by atoms with E-state index in [9.17, 15) is 9.59 Å². The average Bonchev–Trinajstić information content (AvgIpc) is 2.40. The molecule has 1 aromatic rings. The number of halogens is 1. The molecule has 1 aromatic carbocycles. The second kappa shape index (κ2) is 7.11. The number of nitrogens with one attached hydrogen (secondary N) is 2. The summed E-state index contributed by atoms with van der Waals surface area (Å²) in [6.07, 6.45) is 0.547. The Morgan fingerprint density at radius 3 is 2.63 bits per heavy atom. The first-order chi connectivity index (χ1) is 8.99. The van der Waals surface area contributed by atoms with Gasteiger partial charge in [0.05, 0.1) is 12.6 Å². The molecule has 6 heteroatoms. The molecule has 0 saturated carbocycles. The van der Waals surface area contributed by atoms with Crippen molar-refractivity contribution in [3.8, 4) is 0 Å². The lowest BCUT2D eigenvalue weighted by Crippen LogP contribution is -2.43. The van der Waals surface area contributed by atoms with E-state index in [0.717, 1.165) is 0 Å². The summed E-state index contributed by atoms with van der Waals surface area (Å²) in [6.45, 7) is 3.35. The largest absolute Gasteiger partial charge is 0.394 e. The first-order valence-electron chi connectivity index (χ1n) is 5.97. The summed E-state index contributed by atoms with van der Waals surface area (Å²) >= 11 is 5.92. The zero-order valence-electron chi connectivity index (χ0n) is 10.9. The summed E-state index contributed by atoms with van der Waals surface area (Å²) in [6, 6.07) is 4.63. The SMILES string of the molecule is CCC(CO)NC(=O)C(=O)Nc1cccc(Cl)c1C. The van der Waals surface area contributed by atoms with E-state index in [4.69, 9.17) is 16.7 Å². The van der Waals surface area contributed by atoms with Crippen LogP contribution in [0.3, 0.4) is 0 Å². The van der Waals surface area contributed by atoms with Gasteiger partial charge in [-0.05, 0) is 31.0 Å². The topological polar surface area (TPSA) is 78.4 Å². The average molecular weight is 285 g/mol. The molecule has 0 spiro atoms. The summed E-state index contributed by atoms with van der Waals surface area (Å²) in [5.74, 6) is -1.56. The summed E-state index contributed by atoms with van der Waals surface area (Å²) in [4.78, 5) is 23.3. The number of carbonyl (C=O) groups excluding carboxylic acids is 2. The molecule has 0 bridgehead atoms. The molecule has 19 heavy (non-hydrogen) atoms. The summed E-state index contributed by atoms with van der Waals surface area (Å²) in [7, 11) is 0. The van der Waals surface area contributed by atoms with Crippen LogP contribution in [0.25, 0.3) is 0 Å². The fourth-order valence-corrected chi connectivity index (χ4v) is 1.62. The Morgan fingerprint density at radius 1 is 1.37 bits per heavy atom. The van der Waals surface area contributed by atoms with E-state index in [0.29, 0.717) is 22.7 Å². The van der Waals surface area contributed by atoms with Gasteiger partial charge in [0.25, 0.3) is 0 Å². The van der Waals surface area contributed by atoms with Crippen LogP contribution in [-0.4, -0.2) is 29.6 Å². The molecule has 2 amide bonds. The van der Waals surface area contributed by atoms with Crippen molar-refractivity contribution in [3.63, 3.8) is 0 Å². The Hall–Kier alpha value is -1.59. The highest BCUT2D eigenvalue weighted by atomic mass is 35.5. The molecule has 0 heterocycles. The summed E-state index contributed by atoms with van der Waals surface area (Å²) in [5.41, 5.74) is 1.18. The van der Waals surface area contributed by atoms with Crippen molar-refractivity contribution in [1.82, 2.24) is 5.32 Å². The quantitative estimate of drug-likeness (QED) is 0.733. The monoisotopic (exact) mass is 284 g/mol. The number of amides is 2. The van der Waals surface area contributed by atoms with E-state index < -0.39 is 17.9 Å². The normalized spacial score (nSPS) is 11.8. The number of rotatable bonds is 4. The Morgan fingerprint density at radius 2 is 2.05 bits per heavy atom. The lowest BCUT2D eigenvalue weighted by Gasteiger charge is -2.14. The lowest BCUT2D eigenvalue weighted by molar-refractivity contribution is -0.136. The molecule has 1 unspecified atom stereocenters. The molecule has 0 fully saturated rings. The van der Waals surface area contributed by atoms with Crippen LogP contribution in [-0.2, 0) is 9.59 Å². The van der Waals surface area contributed by atoms with Crippen LogP contribution < -0.4 is 10.6 Å². The second-order valence-corrected chi connectivity index (χ2v) is 4.53. The van der Waals surface area contributed by atoms with Gasteiger partial charge in [0, 0.05) is 10.7 Å². The highest BCUT2D eigenvalue weighted by Gasteiger charge is 2.18. The molecule has 0 radical (unpaired) electrons. The van der Waals surface area contributed by atoms with Gasteiger partial charge in [0.2, 0.25) is 0 Å². The van der Waals surface area contributed by atoms with Crippen molar-refractivity contribution in [2.75, 3.05) is 11.9 Å². The number of carbonyl (C=O) groups is 2. The first kappa shape index (κ1) is 15.5. The van der Waals surface area contributed by atoms with Crippen LogP contribution in [0.4, 0.5) is 5.69 Å². The smallest absolute Gasteiger partial charge is 0.313 e. The molecular weight excluding hydrogens is 268 g/mol. The van der Waals surface area contributed by atoms with Gasteiger partial charge in [-0.2, -0.15) is 0 Å². The number of hydrogen-bond donors (Lipinski definition) is 3. The lowest BCUT2D eigenvalue weighted by atomic mass is 10.2. The maximum Gasteiger partial charge on any atom is 0.313 e. The minimum Gasteiger partial charge on any atom is -0.394 e. The van der Waals surface area contributed by atoms with Crippen LogP contribution in [0.5, 0.6) is 0 Å². The van der Waals surface area contributed by atoms with Crippen LogP contribution >= 0.6 is 11.6 Å². The standard InChI is InChI=1S/C13H17ClN2O3/c1-3-9(7-17)15-12(18)13(19)16-11-6-4-5-10(14)8(11)2/h4-6,9,17H,3,7H2,1-2H3,(H,15,18)(H,16,19). The molecule has 0 aliphatic heterocycles. The molecule has 0 aliphatic carbocycles. The number of benzene rings is 1. The van der Waals surface area contributed by atoms with Crippen molar-refractivity contribution in [2.24, 2.45) is 0 Å². The second-order valence-electron chi connectivity index (χ2n) is 4.13. The molecule has 0 aromatic heterocycles. The Balaban J connectivity index is 2.69. The van der Waals surface area contributed by atoms with Gasteiger partial charge >= 0.3 is 11.8 Å². The fraction of sp³-hybridized carbons (Fsp3) is 0.385. The first-order valence-corrected chi connectivity index (χ1v) is 6.35. The van der Waals surface area contributed by atoms with Gasteiger partial charge in [-0.15, -0.1) is 0 Å². The molecule has 1 atom stereocenters. The van der Waals surface area contributed by atoms with E-state index in [2.05, 4.69) is 10.6 Å². The third-order valence-corrected chi connectivity index (χ3v) is 3.18. The van der Waals surface area contributed by atoms with E-state index in [1.807, 2.05) is 0 Å². The minimum absolute atomic E-state index is 0.203. The number of aliphatic hydroxyl groups excluding tert-OH is 1. The highest BCUT2D eigenvalue weighted by Crippen LogP contribution is 2.22. The third-order valence-electron chi connectivity index (χ3n) is 2.77. The molecule has 1 rings (SSSR count). The predicted octanol–water partition coefficient (Wildman–Crippen LogP) is 1.47. The van der Waals surface area contributed by atoms with E-state index in [1.165, 1.54) is 0 Å². The number of aliphatic hydroxyl groups is 1. The molecule has 104 valence electrons. The van der Waals surface area contributed by atoms with Crippen molar-refractivity contribution < 1.29 is 14.7 Å². The number of hydrogen-bond acceptors (Lipinski definition) is 3. The highest BCUT2D eigenvalue weighted by molar-refractivity contribution is 6.40. The zero-order valence-corrected chi connectivity index (χ0v) is 11.6. The minimum atomic E-state index is -0.780. The predicted molar refractivity (Wildman–Crippen MR) is 74.1 cm³/mol. The Kier molecular flexibility index (Phi) is 5.79. The van der Waals surface area contributed by atoms with Gasteiger partial charge < -0.3 is 15.7 Å². The van der Waals surface area contributed by atoms with E-state index in [1.54, 1.807) is 32.0 Å². The summed E-state index contributed by atoms with van der Waals surface area (Å²) in [5, 5.41) is 14.4. The van der Waals surface area contributed by atoms with Crippen LogP contribution in [0.15, 0.2) is 18.2 Å². The van der Waals surface area contributed by atoms with Gasteiger partial charge in [-0.25, -0.2) is 0 Å². The van der Waals surface area contributed by atoms with Crippen molar-refractivity contribution in [2.45, 2.75) is 26.3 Å². The van der Waals surface area contributed by atoms with Gasteiger partial charge in [0.1, 0.15) is 0 Å². The Bertz CT molecular complexity index is 473. The maximum absolute atomic E-state index is 11.7. The third kappa shape index (κ3) is 4.22. The molecular formula is C13H17ClN2O3. The zero-order chi connectivity index (χ0) is 14.4. The molecule has 0 saturated heterocycles. The van der Waals surface area contributed by atoms with Gasteiger partial charge in [-0.3, -0.25) is 9.59 Å². The van der Waals surface area contributed by atoms with Crippen molar-refractivity contribution in [3.05, 3.63) is 28.8 Å². The van der Waals surface area contributed by atoms with Crippen LogP contribution in [0.2, 0.25) is 5.02 Å². The summed E-state index contributed by atoms with van der Waals surface area (Å²) < 4.78 is 0. The fourth-order valence-electron chi connectivity index (χ4n) is 1.45. The molecule has 0 aliphatic rings. The number of anilines is 1. The van der Waals surface area contributed by atoms with Gasteiger partial charge in [-0.1, -0.05) is 24.6 Å². The van der Waals surface area contributed by atoms with Crippen LogP contribution in [0, 0.1) is 6.92 Å². The Labute approximate surface area is 117 Å². The van der Waals surface area contributed by atoms with Gasteiger partial charge in [0.15, 0.2) is 0 Å². The van der Waals surface area contributed by atoms with Crippen LogP contribution in [0.1, 0.15) is 18.9 Å². The van der Waals surface area contributed by atoms with Crippen molar-refractivity contribution in [1.29, 1.82) is 0 Å². The molecule has 5 nitrogen and oxygen atoms in total. The van der Waals surface area contributed by atoms with E-state index in [-0.39, 0.29) is 6.61 Å². The van der Waals surface area contributed by atoms with Crippen molar-refractivity contribution >= 4 is 29.1 Å². The van der Waals surface area contributed by atoms with E-state index >= 15 is 0 Å². The molecule has 3 N–H and O–H groups in total. The maximum atomic E-state index is 11.7.